The Balaban J connectivity index is 2.82. The fourth-order valence-electron chi connectivity index (χ4n) is 1.96. The number of rotatable bonds is 7. The maximum atomic E-state index is 6.11. The minimum Gasteiger partial charge on any atom is -0.310 e. The summed E-state index contributed by atoms with van der Waals surface area (Å²) in [5, 5.41) is 4.39. The lowest BCUT2D eigenvalue weighted by atomic mass is 10.00. The summed E-state index contributed by atoms with van der Waals surface area (Å²) in [4.78, 5) is 0. The van der Waals surface area contributed by atoms with E-state index in [9.17, 15) is 0 Å². The van der Waals surface area contributed by atoms with Crippen LogP contribution in [0.25, 0.3) is 0 Å². The molecule has 0 spiro atoms. The number of hydrogen-bond donors (Lipinski definition) is 1. The van der Waals surface area contributed by atoms with Crippen LogP contribution >= 0.6 is 11.6 Å². The van der Waals surface area contributed by atoms with E-state index in [4.69, 9.17) is 11.6 Å². The zero-order valence-electron chi connectivity index (χ0n) is 10.8. The normalized spacial score (nSPS) is 12.4. The Kier molecular flexibility index (Phi) is 6.31. The molecule has 0 amide bonds. The molecule has 1 unspecified atom stereocenters. The van der Waals surface area contributed by atoms with Gasteiger partial charge >= 0.3 is 0 Å². The van der Waals surface area contributed by atoms with Crippen molar-refractivity contribution in [3.63, 3.8) is 0 Å². The fraction of sp³-hybridized carbons (Fsp3) is 0.467. The molecule has 1 rings (SSSR count). The first kappa shape index (κ1) is 14.3. The summed E-state index contributed by atoms with van der Waals surface area (Å²) >= 11 is 6.11. The molecule has 0 aliphatic heterocycles. The monoisotopic (exact) mass is 251 g/mol. The smallest absolute Gasteiger partial charge is 0.0411 e. The molecule has 1 atom stereocenters. The van der Waals surface area contributed by atoms with E-state index in [1.54, 1.807) is 0 Å². The van der Waals surface area contributed by atoms with Gasteiger partial charge in [-0.1, -0.05) is 30.7 Å². The molecule has 17 heavy (non-hydrogen) atoms. The minimum atomic E-state index is 0.380. The topological polar surface area (TPSA) is 12.0 Å². The average Bonchev–Trinajstić information content (AvgIpc) is 2.28. The zero-order chi connectivity index (χ0) is 12.7. The standard InChI is InChI=1S/C15H22ClN/c1-4-6-7-15(17-8-5-2)13-9-12(3)10-14(16)11-13/h4,9-11,15,17H,1,5-8H2,2-3H3. The summed E-state index contributed by atoms with van der Waals surface area (Å²) in [6, 6.07) is 6.65. The predicted octanol–water partition coefficient (Wildman–Crippen LogP) is 4.66. The van der Waals surface area contributed by atoms with E-state index in [2.05, 4.69) is 37.9 Å². The molecule has 94 valence electrons. The molecular weight excluding hydrogens is 230 g/mol. The van der Waals surface area contributed by atoms with E-state index < -0.39 is 0 Å². The summed E-state index contributed by atoms with van der Waals surface area (Å²) in [5.41, 5.74) is 2.50. The molecular formula is C15H22ClN. The van der Waals surface area contributed by atoms with Crippen LogP contribution in [0.2, 0.25) is 5.02 Å². The first-order valence-corrected chi connectivity index (χ1v) is 6.66. The van der Waals surface area contributed by atoms with Gasteiger partial charge < -0.3 is 5.32 Å². The van der Waals surface area contributed by atoms with E-state index in [1.165, 1.54) is 11.1 Å². The molecule has 0 heterocycles. The Morgan fingerprint density at radius 2 is 2.18 bits per heavy atom. The van der Waals surface area contributed by atoms with Crippen LogP contribution in [0.3, 0.4) is 0 Å². The molecule has 0 radical (unpaired) electrons. The highest BCUT2D eigenvalue weighted by molar-refractivity contribution is 6.30. The van der Waals surface area contributed by atoms with Gasteiger partial charge in [0.25, 0.3) is 0 Å². The first-order chi connectivity index (χ1) is 8.17. The summed E-state index contributed by atoms with van der Waals surface area (Å²) in [7, 11) is 0. The second kappa shape index (κ2) is 7.52. The van der Waals surface area contributed by atoms with Crippen LogP contribution in [0.15, 0.2) is 30.9 Å². The second-order valence-electron chi connectivity index (χ2n) is 4.43. The number of halogens is 1. The molecule has 1 nitrogen and oxygen atoms in total. The third-order valence-corrected chi connectivity index (χ3v) is 2.99. The Morgan fingerprint density at radius 3 is 2.76 bits per heavy atom. The molecule has 2 heteroatoms. The highest BCUT2D eigenvalue weighted by atomic mass is 35.5. The van der Waals surface area contributed by atoms with Crippen LogP contribution in [0, 0.1) is 6.92 Å². The van der Waals surface area contributed by atoms with Gasteiger partial charge in [-0.05, 0) is 56.0 Å². The lowest BCUT2D eigenvalue weighted by Gasteiger charge is -2.19. The lowest BCUT2D eigenvalue weighted by Crippen LogP contribution is -2.22. The predicted molar refractivity (Wildman–Crippen MR) is 76.7 cm³/mol. The Bertz CT molecular complexity index is 340. The van der Waals surface area contributed by atoms with Gasteiger partial charge in [-0.25, -0.2) is 0 Å². The molecule has 0 saturated heterocycles. The number of aryl methyl sites for hydroxylation is 1. The summed E-state index contributed by atoms with van der Waals surface area (Å²) < 4.78 is 0. The maximum Gasteiger partial charge on any atom is 0.0411 e. The SMILES string of the molecule is C=CCCC(NCCC)c1cc(C)cc(Cl)c1. The van der Waals surface area contributed by atoms with Crippen LogP contribution in [0.5, 0.6) is 0 Å². The molecule has 0 saturated carbocycles. The third kappa shape index (κ3) is 4.93. The molecule has 1 aromatic rings. The lowest BCUT2D eigenvalue weighted by molar-refractivity contribution is 0.503. The van der Waals surface area contributed by atoms with Crippen molar-refractivity contribution >= 4 is 11.6 Å². The highest BCUT2D eigenvalue weighted by Gasteiger charge is 2.10. The van der Waals surface area contributed by atoms with Crippen LogP contribution in [-0.4, -0.2) is 6.54 Å². The Labute approximate surface area is 110 Å². The van der Waals surface area contributed by atoms with Gasteiger partial charge in [-0.3, -0.25) is 0 Å². The van der Waals surface area contributed by atoms with Gasteiger partial charge in [0.15, 0.2) is 0 Å². The van der Waals surface area contributed by atoms with Crippen LogP contribution in [0.4, 0.5) is 0 Å². The first-order valence-electron chi connectivity index (χ1n) is 6.28. The van der Waals surface area contributed by atoms with Crippen molar-refractivity contribution in [2.75, 3.05) is 6.54 Å². The van der Waals surface area contributed by atoms with Crippen molar-refractivity contribution in [2.45, 2.75) is 39.2 Å². The van der Waals surface area contributed by atoms with Crippen molar-refractivity contribution in [3.8, 4) is 0 Å². The largest absolute Gasteiger partial charge is 0.310 e. The van der Waals surface area contributed by atoms with E-state index >= 15 is 0 Å². The molecule has 0 aromatic heterocycles. The average molecular weight is 252 g/mol. The van der Waals surface area contributed by atoms with E-state index in [1.807, 2.05) is 12.1 Å². The molecule has 0 bridgehead atoms. The van der Waals surface area contributed by atoms with Crippen molar-refractivity contribution in [3.05, 3.63) is 47.0 Å². The molecule has 0 fully saturated rings. The second-order valence-corrected chi connectivity index (χ2v) is 4.87. The minimum absolute atomic E-state index is 0.380. The van der Waals surface area contributed by atoms with E-state index in [0.717, 1.165) is 30.8 Å². The van der Waals surface area contributed by atoms with Gasteiger partial charge in [0, 0.05) is 11.1 Å². The van der Waals surface area contributed by atoms with Gasteiger partial charge in [-0.15, -0.1) is 6.58 Å². The van der Waals surface area contributed by atoms with Crippen LogP contribution in [-0.2, 0) is 0 Å². The van der Waals surface area contributed by atoms with Crippen molar-refractivity contribution in [1.29, 1.82) is 0 Å². The number of benzene rings is 1. The Morgan fingerprint density at radius 1 is 1.41 bits per heavy atom. The summed E-state index contributed by atoms with van der Waals surface area (Å²) in [5.74, 6) is 0. The van der Waals surface area contributed by atoms with Crippen molar-refractivity contribution < 1.29 is 0 Å². The van der Waals surface area contributed by atoms with E-state index in [-0.39, 0.29) is 0 Å². The van der Waals surface area contributed by atoms with E-state index in [0.29, 0.717) is 6.04 Å². The van der Waals surface area contributed by atoms with Crippen molar-refractivity contribution in [2.24, 2.45) is 0 Å². The molecule has 0 aliphatic rings. The fourth-order valence-corrected chi connectivity index (χ4v) is 2.25. The van der Waals surface area contributed by atoms with Gasteiger partial charge in [0.1, 0.15) is 0 Å². The quantitative estimate of drug-likeness (QED) is 0.696. The number of hydrogen-bond acceptors (Lipinski definition) is 1. The number of allylic oxidation sites excluding steroid dienone is 1. The van der Waals surface area contributed by atoms with Crippen LogP contribution in [0.1, 0.15) is 43.4 Å². The zero-order valence-corrected chi connectivity index (χ0v) is 11.6. The van der Waals surface area contributed by atoms with Gasteiger partial charge in [-0.2, -0.15) is 0 Å². The maximum absolute atomic E-state index is 6.11. The van der Waals surface area contributed by atoms with Gasteiger partial charge in [0.05, 0.1) is 0 Å². The summed E-state index contributed by atoms with van der Waals surface area (Å²) in [6.45, 7) is 9.09. The van der Waals surface area contributed by atoms with Gasteiger partial charge in [0.2, 0.25) is 0 Å². The Hall–Kier alpha value is -0.790. The number of nitrogens with one attached hydrogen (secondary N) is 1. The third-order valence-electron chi connectivity index (χ3n) is 2.77. The van der Waals surface area contributed by atoms with Crippen LogP contribution < -0.4 is 5.32 Å². The molecule has 0 aliphatic carbocycles. The molecule has 1 aromatic carbocycles. The highest BCUT2D eigenvalue weighted by Crippen LogP contribution is 2.23. The van der Waals surface area contributed by atoms with Crippen molar-refractivity contribution in [1.82, 2.24) is 5.32 Å². The summed E-state index contributed by atoms with van der Waals surface area (Å²) in [6.07, 6.45) is 5.21. The molecule has 1 N–H and O–H groups in total.